The van der Waals surface area contributed by atoms with Gasteiger partial charge in [0.25, 0.3) is 5.91 Å². The van der Waals surface area contributed by atoms with E-state index >= 15 is 0 Å². The number of nitrogen functional groups attached to an aromatic ring is 1. The van der Waals surface area contributed by atoms with Crippen LogP contribution in [0.15, 0.2) is 18.2 Å². The summed E-state index contributed by atoms with van der Waals surface area (Å²) in [4.78, 5) is 16.2. The van der Waals surface area contributed by atoms with Gasteiger partial charge in [0.05, 0.1) is 5.69 Å². The third-order valence-electron chi connectivity index (χ3n) is 3.79. The number of amides is 1. The van der Waals surface area contributed by atoms with E-state index in [-0.39, 0.29) is 12.5 Å². The van der Waals surface area contributed by atoms with Crippen LogP contribution >= 0.6 is 0 Å². The number of hydrogen-bond donors (Lipinski definition) is 1. The molecule has 0 unspecified atom stereocenters. The third-order valence-corrected chi connectivity index (χ3v) is 3.79. The van der Waals surface area contributed by atoms with Crippen molar-refractivity contribution in [3.05, 3.63) is 18.2 Å². The van der Waals surface area contributed by atoms with E-state index in [4.69, 9.17) is 10.5 Å². The number of hydrogen-bond acceptors (Lipinski definition) is 4. The van der Waals surface area contributed by atoms with Gasteiger partial charge in [-0.2, -0.15) is 0 Å². The predicted octanol–water partition coefficient (Wildman–Crippen LogP) is 1.09. The summed E-state index contributed by atoms with van der Waals surface area (Å²) in [5.41, 5.74) is 7.33. The van der Waals surface area contributed by atoms with Gasteiger partial charge in [-0.05, 0) is 38.1 Å². The van der Waals surface area contributed by atoms with Crippen LogP contribution in [-0.2, 0) is 4.79 Å². The highest BCUT2D eigenvalue weighted by atomic mass is 16.5. The van der Waals surface area contributed by atoms with Crippen LogP contribution in [0.1, 0.15) is 12.8 Å². The van der Waals surface area contributed by atoms with Gasteiger partial charge < -0.3 is 20.3 Å². The Morgan fingerprint density at radius 1 is 1.21 bits per heavy atom. The summed E-state index contributed by atoms with van der Waals surface area (Å²) < 4.78 is 5.43. The molecule has 0 atom stereocenters. The molecule has 102 valence electrons. The molecule has 1 aromatic carbocycles. The molecule has 1 amide bonds. The molecular formula is C14H19N3O2. The Bertz CT molecular complexity index is 484. The SMILES string of the molecule is Nc1cccc2c1N(CCN1CCCC1)C(=O)CO2. The minimum Gasteiger partial charge on any atom is -0.481 e. The first-order valence-electron chi connectivity index (χ1n) is 6.80. The minimum atomic E-state index is -0.00963. The van der Waals surface area contributed by atoms with Crippen molar-refractivity contribution in [1.82, 2.24) is 4.90 Å². The normalized spacial score (nSPS) is 19.4. The molecular weight excluding hydrogens is 242 g/mol. The van der Waals surface area contributed by atoms with Gasteiger partial charge in [-0.1, -0.05) is 6.07 Å². The first-order chi connectivity index (χ1) is 9.25. The molecule has 0 aliphatic carbocycles. The number of para-hydroxylation sites is 1. The highest BCUT2D eigenvalue weighted by Crippen LogP contribution is 2.36. The molecule has 1 saturated heterocycles. The Morgan fingerprint density at radius 3 is 2.79 bits per heavy atom. The van der Waals surface area contributed by atoms with Crippen LogP contribution in [-0.4, -0.2) is 43.6 Å². The van der Waals surface area contributed by atoms with E-state index in [0.29, 0.717) is 18.0 Å². The van der Waals surface area contributed by atoms with Crippen molar-refractivity contribution < 1.29 is 9.53 Å². The van der Waals surface area contributed by atoms with E-state index in [9.17, 15) is 4.79 Å². The number of fused-ring (bicyclic) bond motifs is 1. The number of nitrogens with zero attached hydrogens (tertiary/aromatic N) is 2. The summed E-state index contributed by atoms with van der Waals surface area (Å²) in [6.07, 6.45) is 2.52. The van der Waals surface area contributed by atoms with Gasteiger partial charge in [0.15, 0.2) is 6.61 Å². The Morgan fingerprint density at radius 2 is 2.00 bits per heavy atom. The molecule has 0 aromatic heterocycles. The lowest BCUT2D eigenvalue weighted by Gasteiger charge is -2.31. The summed E-state index contributed by atoms with van der Waals surface area (Å²) in [5, 5.41) is 0. The van der Waals surface area contributed by atoms with E-state index in [2.05, 4.69) is 4.90 Å². The van der Waals surface area contributed by atoms with Gasteiger partial charge in [-0.3, -0.25) is 4.79 Å². The Balaban J connectivity index is 1.78. The second kappa shape index (κ2) is 5.09. The van der Waals surface area contributed by atoms with Crippen LogP contribution in [0.25, 0.3) is 0 Å². The lowest BCUT2D eigenvalue weighted by Crippen LogP contribution is -2.43. The van der Waals surface area contributed by atoms with Crippen molar-refractivity contribution >= 4 is 17.3 Å². The van der Waals surface area contributed by atoms with E-state index in [1.807, 2.05) is 18.2 Å². The standard InChI is InChI=1S/C14H19N3O2/c15-11-4-3-5-12-14(11)17(13(18)10-19-12)9-8-16-6-1-2-7-16/h3-5H,1-2,6-10,15H2. The molecule has 2 N–H and O–H groups in total. The first kappa shape index (κ1) is 12.3. The Kier molecular flexibility index (Phi) is 3.29. The average Bonchev–Trinajstić information content (AvgIpc) is 2.91. The molecule has 19 heavy (non-hydrogen) atoms. The third kappa shape index (κ3) is 2.38. The molecule has 0 radical (unpaired) electrons. The number of ether oxygens (including phenoxy) is 1. The second-order valence-electron chi connectivity index (χ2n) is 5.08. The van der Waals surface area contributed by atoms with Crippen LogP contribution in [0.4, 0.5) is 11.4 Å². The Hall–Kier alpha value is -1.75. The molecule has 5 heteroatoms. The van der Waals surface area contributed by atoms with Crippen molar-refractivity contribution in [2.45, 2.75) is 12.8 Å². The van der Waals surface area contributed by atoms with Crippen LogP contribution in [0.3, 0.4) is 0 Å². The maximum Gasteiger partial charge on any atom is 0.265 e. The summed E-state index contributed by atoms with van der Waals surface area (Å²) in [5.74, 6) is 0.700. The zero-order valence-corrected chi connectivity index (χ0v) is 11.0. The maximum absolute atomic E-state index is 12.0. The molecule has 2 aliphatic rings. The van der Waals surface area contributed by atoms with Gasteiger partial charge in [0.1, 0.15) is 11.4 Å². The largest absolute Gasteiger partial charge is 0.481 e. The van der Waals surface area contributed by atoms with Crippen molar-refractivity contribution in [3.63, 3.8) is 0 Å². The molecule has 2 aliphatic heterocycles. The summed E-state index contributed by atoms with van der Waals surface area (Å²) in [6.45, 7) is 3.96. The van der Waals surface area contributed by atoms with Gasteiger partial charge in [0, 0.05) is 13.1 Å². The van der Waals surface area contributed by atoms with E-state index in [0.717, 1.165) is 25.3 Å². The van der Waals surface area contributed by atoms with Crippen molar-refractivity contribution in [3.8, 4) is 5.75 Å². The number of rotatable bonds is 3. The summed E-state index contributed by atoms with van der Waals surface area (Å²) in [7, 11) is 0. The van der Waals surface area contributed by atoms with E-state index in [1.165, 1.54) is 12.8 Å². The maximum atomic E-state index is 12.0. The van der Waals surface area contributed by atoms with Crippen molar-refractivity contribution in [1.29, 1.82) is 0 Å². The lowest BCUT2D eigenvalue weighted by atomic mass is 10.2. The molecule has 0 spiro atoms. The van der Waals surface area contributed by atoms with E-state index in [1.54, 1.807) is 4.90 Å². The fraction of sp³-hybridized carbons (Fsp3) is 0.500. The number of likely N-dealkylation sites (tertiary alicyclic amines) is 1. The number of nitrogens with two attached hydrogens (primary N) is 1. The van der Waals surface area contributed by atoms with Crippen LogP contribution in [0.2, 0.25) is 0 Å². The predicted molar refractivity (Wildman–Crippen MR) is 74.4 cm³/mol. The number of anilines is 2. The fourth-order valence-corrected chi connectivity index (χ4v) is 2.77. The number of carbonyl (C=O) groups excluding carboxylic acids is 1. The lowest BCUT2D eigenvalue weighted by molar-refractivity contribution is -0.121. The molecule has 0 bridgehead atoms. The first-order valence-corrected chi connectivity index (χ1v) is 6.80. The zero-order valence-electron chi connectivity index (χ0n) is 11.0. The highest BCUT2D eigenvalue weighted by Gasteiger charge is 2.27. The van der Waals surface area contributed by atoms with Crippen LogP contribution < -0.4 is 15.4 Å². The molecule has 5 nitrogen and oxygen atoms in total. The Labute approximate surface area is 112 Å². The van der Waals surface area contributed by atoms with Crippen molar-refractivity contribution in [2.75, 3.05) is 43.4 Å². The molecule has 0 saturated carbocycles. The minimum absolute atomic E-state index is 0.00963. The molecule has 1 fully saturated rings. The molecule has 3 rings (SSSR count). The quantitative estimate of drug-likeness (QED) is 0.827. The molecule has 1 aromatic rings. The summed E-state index contributed by atoms with van der Waals surface area (Å²) >= 11 is 0. The number of carbonyl (C=O) groups is 1. The van der Waals surface area contributed by atoms with Crippen LogP contribution in [0.5, 0.6) is 5.75 Å². The second-order valence-corrected chi connectivity index (χ2v) is 5.08. The topological polar surface area (TPSA) is 58.8 Å². The monoisotopic (exact) mass is 261 g/mol. The smallest absolute Gasteiger partial charge is 0.265 e. The van der Waals surface area contributed by atoms with Gasteiger partial charge >= 0.3 is 0 Å². The average molecular weight is 261 g/mol. The van der Waals surface area contributed by atoms with Crippen LogP contribution in [0, 0.1) is 0 Å². The van der Waals surface area contributed by atoms with E-state index < -0.39 is 0 Å². The van der Waals surface area contributed by atoms with Gasteiger partial charge in [-0.15, -0.1) is 0 Å². The fourth-order valence-electron chi connectivity index (χ4n) is 2.77. The van der Waals surface area contributed by atoms with Gasteiger partial charge in [-0.25, -0.2) is 0 Å². The summed E-state index contributed by atoms with van der Waals surface area (Å²) in [6, 6.07) is 5.52. The highest BCUT2D eigenvalue weighted by molar-refractivity contribution is 6.01. The van der Waals surface area contributed by atoms with Gasteiger partial charge in [0.2, 0.25) is 0 Å². The number of benzene rings is 1. The molecule has 2 heterocycles. The van der Waals surface area contributed by atoms with Crippen molar-refractivity contribution in [2.24, 2.45) is 0 Å². The zero-order chi connectivity index (χ0) is 13.2.